The van der Waals surface area contributed by atoms with Gasteiger partial charge in [-0.3, -0.25) is 0 Å². The Kier molecular flexibility index (Phi) is 5.56. The highest BCUT2D eigenvalue weighted by Crippen LogP contribution is 2.21. The molecule has 0 saturated carbocycles. The predicted octanol–water partition coefficient (Wildman–Crippen LogP) is 2.50. The summed E-state index contributed by atoms with van der Waals surface area (Å²) in [4.78, 5) is 1.21. The first-order valence-electron chi connectivity index (χ1n) is 4.70. The standard InChI is InChI=1S/C10H16ClNO2S/c1-7(10(13-2)14-3)12-6-8-4-5-9(11)15-8/h4-5,7,10,12H,6H2,1-3H3. The Balaban J connectivity index is 2.36. The lowest BCUT2D eigenvalue weighted by Crippen LogP contribution is -2.39. The fourth-order valence-electron chi connectivity index (χ4n) is 1.31. The average molecular weight is 250 g/mol. The molecule has 1 N–H and O–H groups in total. The lowest BCUT2D eigenvalue weighted by Gasteiger charge is -2.21. The van der Waals surface area contributed by atoms with Gasteiger partial charge in [0.25, 0.3) is 0 Å². The van der Waals surface area contributed by atoms with Crippen LogP contribution in [-0.2, 0) is 16.0 Å². The molecule has 0 fully saturated rings. The van der Waals surface area contributed by atoms with Crippen molar-refractivity contribution in [1.82, 2.24) is 5.32 Å². The van der Waals surface area contributed by atoms with Crippen molar-refractivity contribution < 1.29 is 9.47 Å². The van der Waals surface area contributed by atoms with Gasteiger partial charge in [-0.25, -0.2) is 0 Å². The first-order chi connectivity index (χ1) is 7.17. The van der Waals surface area contributed by atoms with Crippen molar-refractivity contribution in [3.05, 3.63) is 21.3 Å². The number of halogens is 1. The maximum absolute atomic E-state index is 5.83. The fourth-order valence-corrected chi connectivity index (χ4v) is 2.35. The molecule has 15 heavy (non-hydrogen) atoms. The summed E-state index contributed by atoms with van der Waals surface area (Å²) < 4.78 is 11.1. The minimum atomic E-state index is -0.222. The lowest BCUT2D eigenvalue weighted by atomic mass is 10.3. The van der Waals surface area contributed by atoms with Crippen LogP contribution in [0.15, 0.2) is 12.1 Å². The quantitative estimate of drug-likeness (QED) is 0.786. The smallest absolute Gasteiger partial charge is 0.171 e. The summed E-state index contributed by atoms with van der Waals surface area (Å²) >= 11 is 7.41. The van der Waals surface area contributed by atoms with E-state index in [9.17, 15) is 0 Å². The Morgan fingerprint density at radius 2 is 2.07 bits per heavy atom. The van der Waals surface area contributed by atoms with Crippen molar-refractivity contribution in [2.24, 2.45) is 0 Å². The van der Waals surface area contributed by atoms with Gasteiger partial charge in [0.2, 0.25) is 0 Å². The Morgan fingerprint density at radius 3 is 2.53 bits per heavy atom. The number of hydrogen-bond acceptors (Lipinski definition) is 4. The maximum Gasteiger partial charge on any atom is 0.171 e. The largest absolute Gasteiger partial charge is 0.354 e. The van der Waals surface area contributed by atoms with Crippen LogP contribution in [0.1, 0.15) is 11.8 Å². The first kappa shape index (κ1) is 12.9. The summed E-state index contributed by atoms with van der Waals surface area (Å²) in [6.07, 6.45) is -0.222. The third-order valence-corrected chi connectivity index (χ3v) is 3.33. The molecule has 1 heterocycles. The molecule has 1 aromatic heterocycles. The van der Waals surface area contributed by atoms with E-state index in [0.29, 0.717) is 0 Å². The van der Waals surface area contributed by atoms with Gasteiger partial charge < -0.3 is 14.8 Å². The van der Waals surface area contributed by atoms with Crippen molar-refractivity contribution in [2.45, 2.75) is 25.8 Å². The van der Waals surface area contributed by atoms with E-state index < -0.39 is 0 Å². The zero-order chi connectivity index (χ0) is 11.3. The summed E-state index contributed by atoms with van der Waals surface area (Å²) in [6, 6.07) is 4.06. The van der Waals surface area contributed by atoms with Crippen molar-refractivity contribution >= 4 is 22.9 Å². The zero-order valence-corrected chi connectivity index (χ0v) is 10.7. The SMILES string of the molecule is COC(OC)C(C)NCc1ccc(Cl)s1. The summed E-state index contributed by atoms with van der Waals surface area (Å²) in [5, 5.41) is 3.32. The van der Waals surface area contributed by atoms with Gasteiger partial charge in [0.05, 0.1) is 10.4 Å². The molecule has 3 nitrogen and oxygen atoms in total. The monoisotopic (exact) mass is 249 g/mol. The van der Waals surface area contributed by atoms with Crippen molar-refractivity contribution in [3.63, 3.8) is 0 Å². The van der Waals surface area contributed by atoms with E-state index in [-0.39, 0.29) is 12.3 Å². The Hall–Kier alpha value is -0.130. The minimum Gasteiger partial charge on any atom is -0.354 e. The van der Waals surface area contributed by atoms with Crippen LogP contribution < -0.4 is 5.32 Å². The highest BCUT2D eigenvalue weighted by molar-refractivity contribution is 7.16. The van der Waals surface area contributed by atoms with Gasteiger partial charge in [-0.05, 0) is 19.1 Å². The molecule has 0 aliphatic heterocycles. The third-order valence-electron chi connectivity index (χ3n) is 2.10. The van der Waals surface area contributed by atoms with Crippen LogP contribution in [0.25, 0.3) is 0 Å². The number of rotatable bonds is 6. The molecule has 1 rings (SSSR count). The number of methoxy groups -OCH3 is 2. The molecule has 1 atom stereocenters. The predicted molar refractivity (Wildman–Crippen MR) is 63.4 cm³/mol. The maximum atomic E-state index is 5.83. The molecule has 1 unspecified atom stereocenters. The third kappa shape index (κ3) is 4.09. The van der Waals surface area contributed by atoms with Gasteiger partial charge in [-0.2, -0.15) is 0 Å². The van der Waals surface area contributed by atoms with Crippen LogP contribution in [0.2, 0.25) is 4.34 Å². The molecule has 0 saturated heterocycles. The van der Waals surface area contributed by atoms with Crippen LogP contribution in [-0.4, -0.2) is 26.6 Å². The number of thiophene rings is 1. The first-order valence-corrected chi connectivity index (χ1v) is 5.90. The van der Waals surface area contributed by atoms with Crippen LogP contribution in [0.3, 0.4) is 0 Å². The zero-order valence-electron chi connectivity index (χ0n) is 9.12. The summed E-state index contributed by atoms with van der Waals surface area (Å²) in [6.45, 7) is 2.80. The van der Waals surface area contributed by atoms with Gasteiger partial charge in [0.15, 0.2) is 6.29 Å². The van der Waals surface area contributed by atoms with E-state index in [1.807, 2.05) is 19.1 Å². The van der Waals surface area contributed by atoms with Crippen molar-refractivity contribution in [1.29, 1.82) is 0 Å². The van der Waals surface area contributed by atoms with E-state index in [4.69, 9.17) is 21.1 Å². The molecule has 0 amide bonds. The van der Waals surface area contributed by atoms with Crippen molar-refractivity contribution in [3.8, 4) is 0 Å². The minimum absolute atomic E-state index is 0.140. The lowest BCUT2D eigenvalue weighted by molar-refractivity contribution is -0.119. The fraction of sp³-hybridized carbons (Fsp3) is 0.600. The normalized spacial score (nSPS) is 13.4. The Bertz CT molecular complexity index is 289. The molecule has 0 aliphatic rings. The topological polar surface area (TPSA) is 30.5 Å². The second-order valence-corrected chi connectivity index (χ2v) is 5.01. The average Bonchev–Trinajstić information content (AvgIpc) is 2.63. The second-order valence-electron chi connectivity index (χ2n) is 3.22. The molecule has 5 heteroatoms. The summed E-state index contributed by atoms with van der Waals surface area (Å²) in [5.74, 6) is 0. The van der Waals surface area contributed by atoms with Gasteiger partial charge in [-0.1, -0.05) is 11.6 Å². The van der Waals surface area contributed by atoms with Crippen molar-refractivity contribution in [2.75, 3.05) is 14.2 Å². The van der Waals surface area contributed by atoms with Gasteiger partial charge in [0.1, 0.15) is 0 Å². The van der Waals surface area contributed by atoms with E-state index in [2.05, 4.69) is 5.32 Å². The molecular formula is C10H16ClNO2S. The summed E-state index contributed by atoms with van der Waals surface area (Å²) in [5.41, 5.74) is 0. The number of nitrogens with one attached hydrogen (secondary N) is 1. The molecule has 86 valence electrons. The number of ether oxygens (including phenoxy) is 2. The van der Waals surface area contributed by atoms with Crippen LogP contribution in [0, 0.1) is 0 Å². The highest BCUT2D eigenvalue weighted by atomic mass is 35.5. The molecule has 0 aromatic carbocycles. The second kappa shape index (κ2) is 6.45. The Morgan fingerprint density at radius 1 is 1.40 bits per heavy atom. The van der Waals surface area contributed by atoms with E-state index in [1.54, 1.807) is 25.6 Å². The van der Waals surface area contributed by atoms with Gasteiger partial charge in [-0.15, -0.1) is 11.3 Å². The molecule has 1 aromatic rings. The molecular weight excluding hydrogens is 234 g/mol. The van der Waals surface area contributed by atoms with Gasteiger partial charge in [0, 0.05) is 25.6 Å². The molecule has 0 aliphatic carbocycles. The van der Waals surface area contributed by atoms with Crippen LogP contribution in [0.5, 0.6) is 0 Å². The number of hydrogen-bond donors (Lipinski definition) is 1. The Labute approximate surface area is 99.3 Å². The van der Waals surface area contributed by atoms with Crippen LogP contribution in [0.4, 0.5) is 0 Å². The highest BCUT2D eigenvalue weighted by Gasteiger charge is 2.14. The molecule has 0 radical (unpaired) electrons. The van der Waals surface area contributed by atoms with Gasteiger partial charge >= 0.3 is 0 Å². The van der Waals surface area contributed by atoms with Crippen LogP contribution >= 0.6 is 22.9 Å². The van der Waals surface area contributed by atoms with E-state index in [1.165, 1.54) is 4.88 Å². The van der Waals surface area contributed by atoms with E-state index >= 15 is 0 Å². The summed E-state index contributed by atoms with van der Waals surface area (Å²) in [7, 11) is 3.27. The molecule has 0 bridgehead atoms. The van der Waals surface area contributed by atoms with E-state index in [0.717, 1.165) is 10.9 Å². The molecule has 0 spiro atoms.